The number of hydrogen-bond acceptors (Lipinski definition) is 3. The molecular formula is C41H85NO2. The molecule has 0 bridgehead atoms. The standard InChI is InChI=1S/C41H85NO2/c1-5-7-9-11-13-15-17-19-21-23-25-27-29-31-33-35-37-41(44,40(43)39-42(3)4)38-36-34-32-30-28-26-24-22-20-18-16-14-12-10-8-6-2/h40,43-44H,5-39H2,1-4H3. The Labute approximate surface area is 279 Å². The molecular weight excluding hydrogens is 538 g/mol. The van der Waals surface area contributed by atoms with E-state index >= 15 is 0 Å². The Bertz CT molecular complexity index is 501. The lowest BCUT2D eigenvalue weighted by Gasteiger charge is -2.35. The third-order valence-electron chi connectivity index (χ3n) is 10.1. The van der Waals surface area contributed by atoms with Crippen LogP contribution in [0.4, 0.5) is 0 Å². The van der Waals surface area contributed by atoms with Crippen LogP contribution in [0.3, 0.4) is 0 Å². The molecule has 0 aromatic rings. The molecule has 0 amide bonds. The Morgan fingerprint density at radius 1 is 0.386 bits per heavy atom. The van der Waals surface area contributed by atoms with Gasteiger partial charge in [-0.15, -0.1) is 0 Å². The van der Waals surface area contributed by atoms with Crippen LogP contribution in [0.15, 0.2) is 0 Å². The Balaban J connectivity index is 3.81. The Hall–Kier alpha value is -0.120. The second-order valence-electron chi connectivity index (χ2n) is 15.0. The predicted octanol–water partition coefficient (Wildman–Crippen LogP) is 12.9. The van der Waals surface area contributed by atoms with Crippen LogP contribution in [0.2, 0.25) is 0 Å². The zero-order valence-electron chi connectivity index (χ0n) is 31.2. The lowest BCUT2D eigenvalue weighted by molar-refractivity contribution is -0.0950. The largest absolute Gasteiger partial charge is 0.389 e. The fraction of sp³-hybridized carbons (Fsp3) is 1.00. The van der Waals surface area contributed by atoms with Crippen molar-refractivity contribution >= 4 is 0 Å². The van der Waals surface area contributed by atoms with Crippen LogP contribution in [0.25, 0.3) is 0 Å². The first-order valence-corrected chi connectivity index (χ1v) is 20.5. The molecule has 0 aliphatic heterocycles. The fourth-order valence-corrected chi connectivity index (χ4v) is 6.93. The van der Waals surface area contributed by atoms with Crippen molar-refractivity contribution in [3.8, 4) is 0 Å². The molecule has 1 unspecified atom stereocenters. The van der Waals surface area contributed by atoms with Crippen molar-refractivity contribution in [2.24, 2.45) is 0 Å². The van der Waals surface area contributed by atoms with E-state index in [9.17, 15) is 10.2 Å². The average Bonchev–Trinajstić information content (AvgIpc) is 3.00. The third kappa shape index (κ3) is 30.5. The van der Waals surface area contributed by atoms with Crippen LogP contribution in [0.1, 0.15) is 232 Å². The summed E-state index contributed by atoms with van der Waals surface area (Å²) in [5.41, 5.74) is -0.920. The molecule has 0 aliphatic rings. The second-order valence-corrected chi connectivity index (χ2v) is 15.0. The molecule has 3 nitrogen and oxygen atoms in total. The van der Waals surface area contributed by atoms with Crippen LogP contribution >= 0.6 is 0 Å². The molecule has 0 heterocycles. The summed E-state index contributed by atoms with van der Waals surface area (Å²) < 4.78 is 0. The SMILES string of the molecule is CCCCCCCCCCCCCCCCCCC(O)(CCCCCCCCCCCCCCCCCC)C(O)CN(C)C. The molecule has 0 radical (unpaired) electrons. The van der Waals surface area contributed by atoms with Gasteiger partial charge in [-0.25, -0.2) is 0 Å². The molecule has 3 heteroatoms. The maximum absolute atomic E-state index is 11.5. The highest BCUT2D eigenvalue weighted by molar-refractivity contribution is 4.87. The Morgan fingerprint density at radius 2 is 0.591 bits per heavy atom. The van der Waals surface area contributed by atoms with Gasteiger partial charge in [0.2, 0.25) is 0 Å². The van der Waals surface area contributed by atoms with Gasteiger partial charge in [-0.05, 0) is 26.9 Å². The normalized spacial score (nSPS) is 12.9. The molecule has 0 aliphatic carbocycles. The molecule has 2 N–H and O–H groups in total. The van der Waals surface area contributed by atoms with Crippen molar-refractivity contribution in [3.05, 3.63) is 0 Å². The van der Waals surface area contributed by atoms with Crippen LogP contribution in [0, 0.1) is 0 Å². The number of rotatable bonds is 37. The third-order valence-corrected chi connectivity index (χ3v) is 10.1. The summed E-state index contributed by atoms with van der Waals surface area (Å²) in [5.74, 6) is 0. The van der Waals surface area contributed by atoms with Gasteiger partial charge in [0.1, 0.15) is 0 Å². The molecule has 0 saturated heterocycles. The summed E-state index contributed by atoms with van der Waals surface area (Å²) in [6, 6.07) is 0. The summed E-state index contributed by atoms with van der Waals surface area (Å²) in [6.07, 6.45) is 44.5. The molecule has 0 aromatic heterocycles. The van der Waals surface area contributed by atoms with Gasteiger partial charge in [-0.3, -0.25) is 0 Å². The van der Waals surface area contributed by atoms with Crippen molar-refractivity contribution in [1.82, 2.24) is 4.90 Å². The molecule has 1 atom stereocenters. The minimum atomic E-state index is -0.920. The van der Waals surface area contributed by atoms with Gasteiger partial charge >= 0.3 is 0 Å². The highest BCUT2D eigenvalue weighted by atomic mass is 16.3. The van der Waals surface area contributed by atoms with E-state index in [1.165, 1.54) is 193 Å². The molecule has 0 saturated carbocycles. The summed E-state index contributed by atoms with van der Waals surface area (Å²) in [6.45, 7) is 5.14. The van der Waals surface area contributed by atoms with Gasteiger partial charge < -0.3 is 15.1 Å². The summed E-state index contributed by atoms with van der Waals surface area (Å²) in [7, 11) is 3.99. The zero-order chi connectivity index (χ0) is 32.4. The van der Waals surface area contributed by atoms with Gasteiger partial charge in [0.05, 0.1) is 11.7 Å². The van der Waals surface area contributed by atoms with E-state index in [0.717, 1.165) is 25.7 Å². The van der Waals surface area contributed by atoms with Crippen LogP contribution < -0.4 is 0 Å². The summed E-state index contributed by atoms with van der Waals surface area (Å²) in [4.78, 5) is 2.01. The first kappa shape index (κ1) is 43.9. The molecule has 44 heavy (non-hydrogen) atoms. The summed E-state index contributed by atoms with van der Waals surface area (Å²) >= 11 is 0. The number of hydrogen-bond donors (Lipinski definition) is 2. The van der Waals surface area contributed by atoms with Gasteiger partial charge in [0.15, 0.2) is 0 Å². The Morgan fingerprint density at radius 3 is 0.795 bits per heavy atom. The van der Waals surface area contributed by atoms with Gasteiger partial charge in [-0.1, -0.05) is 219 Å². The number of aliphatic hydroxyl groups is 2. The molecule has 0 fully saturated rings. The van der Waals surface area contributed by atoms with Crippen molar-refractivity contribution in [2.45, 2.75) is 244 Å². The smallest absolute Gasteiger partial charge is 0.0953 e. The van der Waals surface area contributed by atoms with E-state index in [-0.39, 0.29) is 0 Å². The van der Waals surface area contributed by atoms with Gasteiger partial charge in [0.25, 0.3) is 0 Å². The maximum atomic E-state index is 11.5. The van der Waals surface area contributed by atoms with Crippen molar-refractivity contribution < 1.29 is 10.2 Å². The van der Waals surface area contributed by atoms with E-state index in [1.807, 2.05) is 19.0 Å². The average molecular weight is 624 g/mol. The topological polar surface area (TPSA) is 43.7 Å². The van der Waals surface area contributed by atoms with E-state index in [2.05, 4.69) is 13.8 Å². The molecule has 0 rings (SSSR count). The summed E-state index contributed by atoms with van der Waals surface area (Å²) in [5, 5.41) is 22.4. The van der Waals surface area contributed by atoms with Crippen molar-refractivity contribution in [3.63, 3.8) is 0 Å². The molecule has 0 spiro atoms. The van der Waals surface area contributed by atoms with E-state index in [4.69, 9.17) is 0 Å². The van der Waals surface area contributed by atoms with Crippen LogP contribution in [-0.2, 0) is 0 Å². The first-order valence-electron chi connectivity index (χ1n) is 20.5. The molecule has 0 aromatic carbocycles. The van der Waals surface area contributed by atoms with Crippen LogP contribution in [0.5, 0.6) is 0 Å². The predicted molar refractivity (Wildman–Crippen MR) is 198 cm³/mol. The zero-order valence-corrected chi connectivity index (χ0v) is 31.2. The van der Waals surface area contributed by atoms with Gasteiger partial charge in [-0.2, -0.15) is 0 Å². The quantitative estimate of drug-likeness (QED) is 0.0677. The lowest BCUT2D eigenvalue weighted by atomic mass is 9.84. The van der Waals surface area contributed by atoms with E-state index < -0.39 is 11.7 Å². The number of likely N-dealkylation sites (N-methyl/N-ethyl adjacent to an activating group) is 1. The van der Waals surface area contributed by atoms with Crippen LogP contribution in [-0.4, -0.2) is 47.5 Å². The van der Waals surface area contributed by atoms with Crippen molar-refractivity contribution in [1.29, 1.82) is 0 Å². The minimum absolute atomic E-state index is 0.550. The van der Waals surface area contributed by atoms with Crippen molar-refractivity contribution in [2.75, 3.05) is 20.6 Å². The number of nitrogens with zero attached hydrogens (tertiary/aromatic N) is 1. The van der Waals surface area contributed by atoms with Gasteiger partial charge in [0, 0.05) is 6.54 Å². The molecule has 266 valence electrons. The van der Waals surface area contributed by atoms with E-state index in [0.29, 0.717) is 6.54 Å². The second kappa shape index (κ2) is 34.2. The first-order chi connectivity index (χ1) is 21.5. The highest BCUT2D eigenvalue weighted by Gasteiger charge is 2.34. The number of unbranched alkanes of at least 4 members (excludes halogenated alkanes) is 30. The maximum Gasteiger partial charge on any atom is 0.0953 e. The minimum Gasteiger partial charge on any atom is -0.389 e. The highest BCUT2D eigenvalue weighted by Crippen LogP contribution is 2.28. The van der Waals surface area contributed by atoms with E-state index in [1.54, 1.807) is 0 Å². The Kier molecular flexibility index (Phi) is 34.1. The number of aliphatic hydroxyl groups excluding tert-OH is 1. The fourth-order valence-electron chi connectivity index (χ4n) is 6.93. The lowest BCUT2D eigenvalue weighted by Crippen LogP contribution is -2.47. The monoisotopic (exact) mass is 624 g/mol.